The summed E-state index contributed by atoms with van der Waals surface area (Å²) in [6, 6.07) is 0.130. The lowest BCUT2D eigenvalue weighted by Gasteiger charge is -2.34. The van der Waals surface area contributed by atoms with Crippen LogP contribution >= 0.6 is 0 Å². The van der Waals surface area contributed by atoms with Gasteiger partial charge >= 0.3 is 0 Å². The Hall–Kier alpha value is -0.920. The lowest BCUT2D eigenvalue weighted by molar-refractivity contribution is 0.239. The molecule has 1 aromatic rings. The van der Waals surface area contributed by atoms with E-state index in [4.69, 9.17) is 0 Å². The molecule has 1 aliphatic rings. The van der Waals surface area contributed by atoms with Gasteiger partial charge in [-0.15, -0.1) is 0 Å². The predicted molar refractivity (Wildman–Crippen MR) is 82.5 cm³/mol. The van der Waals surface area contributed by atoms with Crippen LogP contribution in [0.15, 0.2) is 4.90 Å². The van der Waals surface area contributed by atoms with Crippen LogP contribution < -0.4 is 5.32 Å². The number of hydrogen-bond acceptors (Lipinski definition) is 4. The Bertz CT molecular complexity index is 566. The van der Waals surface area contributed by atoms with Gasteiger partial charge in [-0.25, -0.2) is 8.42 Å². The van der Waals surface area contributed by atoms with E-state index in [9.17, 15) is 8.42 Å². The van der Waals surface area contributed by atoms with Crippen LogP contribution in [0.4, 0.5) is 0 Å². The van der Waals surface area contributed by atoms with E-state index in [-0.39, 0.29) is 6.04 Å². The molecule has 2 heterocycles. The van der Waals surface area contributed by atoms with Crippen molar-refractivity contribution in [2.75, 3.05) is 13.6 Å². The summed E-state index contributed by atoms with van der Waals surface area (Å²) in [5, 5.41) is 9.95. The van der Waals surface area contributed by atoms with Crippen LogP contribution in [0.5, 0.6) is 0 Å². The molecule has 0 aromatic carbocycles. The largest absolute Gasteiger partial charge is 0.314 e. The number of aromatic nitrogens is 2. The normalized spacial score (nSPS) is 20.8. The summed E-state index contributed by atoms with van der Waals surface area (Å²) in [4.78, 5) is 0.361. The van der Waals surface area contributed by atoms with Crippen molar-refractivity contribution >= 4 is 10.0 Å². The molecule has 1 fully saturated rings. The zero-order valence-corrected chi connectivity index (χ0v) is 14.0. The van der Waals surface area contributed by atoms with Crippen molar-refractivity contribution in [3.63, 3.8) is 0 Å². The maximum absolute atomic E-state index is 13.1. The lowest BCUT2D eigenvalue weighted by atomic mass is 10.0. The van der Waals surface area contributed by atoms with Gasteiger partial charge in [0.2, 0.25) is 10.0 Å². The molecular weight excluding hydrogens is 288 g/mol. The van der Waals surface area contributed by atoms with E-state index in [2.05, 4.69) is 22.4 Å². The van der Waals surface area contributed by atoms with Crippen LogP contribution in [0.1, 0.15) is 50.4 Å². The van der Waals surface area contributed by atoms with Gasteiger partial charge in [0, 0.05) is 19.1 Å². The number of nitrogens with zero attached hydrogens (tertiary/aromatic N) is 2. The maximum atomic E-state index is 13.1. The summed E-state index contributed by atoms with van der Waals surface area (Å²) in [7, 11) is -1.68. The molecule has 2 rings (SSSR count). The average molecular weight is 314 g/mol. The van der Waals surface area contributed by atoms with Crippen LogP contribution in [0.25, 0.3) is 0 Å². The third-order valence-corrected chi connectivity index (χ3v) is 6.22. The quantitative estimate of drug-likeness (QED) is 0.839. The molecule has 1 unspecified atom stereocenters. The molecule has 0 amide bonds. The van der Waals surface area contributed by atoms with Crippen molar-refractivity contribution in [1.29, 1.82) is 0 Å². The SMILES string of the molecule is CCCC1CCCCN1S(=O)(=O)c1c(CNC)n[nH]c1C. The van der Waals surface area contributed by atoms with Gasteiger partial charge < -0.3 is 5.32 Å². The number of aryl methyl sites for hydroxylation is 1. The van der Waals surface area contributed by atoms with Crippen LogP contribution in [-0.2, 0) is 16.6 Å². The fourth-order valence-corrected chi connectivity index (χ4v) is 5.18. The third kappa shape index (κ3) is 3.30. The Labute approximate surface area is 127 Å². The zero-order valence-electron chi connectivity index (χ0n) is 13.1. The van der Waals surface area contributed by atoms with Gasteiger partial charge in [0.1, 0.15) is 4.90 Å². The second-order valence-corrected chi connectivity index (χ2v) is 7.54. The van der Waals surface area contributed by atoms with Crippen LogP contribution in [0.2, 0.25) is 0 Å². The second-order valence-electron chi connectivity index (χ2n) is 5.71. The van der Waals surface area contributed by atoms with E-state index < -0.39 is 10.0 Å². The first kappa shape index (κ1) is 16.5. The van der Waals surface area contributed by atoms with E-state index in [1.54, 1.807) is 18.3 Å². The van der Waals surface area contributed by atoms with Gasteiger partial charge in [0.05, 0.1) is 11.4 Å². The number of piperidine rings is 1. The van der Waals surface area contributed by atoms with Crippen molar-refractivity contribution < 1.29 is 8.42 Å². The molecule has 1 aromatic heterocycles. The Balaban J connectivity index is 2.38. The van der Waals surface area contributed by atoms with E-state index in [1.165, 1.54) is 0 Å². The van der Waals surface area contributed by atoms with Gasteiger partial charge in [-0.05, 0) is 33.2 Å². The molecule has 21 heavy (non-hydrogen) atoms. The van der Waals surface area contributed by atoms with Crippen molar-refractivity contribution in [2.24, 2.45) is 0 Å². The van der Waals surface area contributed by atoms with E-state index >= 15 is 0 Å². The molecule has 6 nitrogen and oxygen atoms in total. The summed E-state index contributed by atoms with van der Waals surface area (Å²) in [5.41, 5.74) is 1.21. The molecular formula is C14H26N4O2S. The van der Waals surface area contributed by atoms with Crippen molar-refractivity contribution in [3.05, 3.63) is 11.4 Å². The molecule has 2 N–H and O–H groups in total. The number of aromatic amines is 1. The number of hydrogen-bond donors (Lipinski definition) is 2. The fraction of sp³-hybridized carbons (Fsp3) is 0.786. The fourth-order valence-electron chi connectivity index (χ4n) is 3.13. The minimum atomic E-state index is -3.47. The molecule has 120 valence electrons. The Morgan fingerprint density at radius 3 is 2.86 bits per heavy atom. The average Bonchev–Trinajstić information content (AvgIpc) is 2.82. The van der Waals surface area contributed by atoms with Gasteiger partial charge in [0.15, 0.2) is 0 Å². The highest BCUT2D eigenvalue weighted by atomic mass is 32.2. The van der Waals surface area contributed by atoms with Gasteiger partial charge in [-0.2, -0.15) is 9.40 Å². The Kier molecular flexibility index (Phi) is 5.40. The maximum Gasteiger partial charge on any atom is 0.247 e. The van der Waals surface area contributed by atoms with E-state index in [0.29, 0.717) is 29.4 Å². The first-order valence-electron chi connectivity index (χ1n) is 7.72. The molecule has 1 atom stereocenters. The van der Waals surface area contributed by atoms with Crippen molar-refractivity contribution in [2.45, 2.75) is 63.4 Å². The van der Waals surface area contributed by atoms with Crippen LogP contribution in [-0.4, -0.2) is 42.6 Å². The number of nitrogens with one attached hydrogen (secondary N) is 2. The summed E-state index contributed by atoms with van der Waals surface area (Å²) in [5.74, 6) is 0. The highest BCUT2D eigenvalue weighted by molar-refractivity contribution is 7.89. The summed E-state index contributed by atoms with van der Waals surface area (Å²) in [6.45, 7) is 4.95. The first-order valence-corrected chi connectivity index (χ1v) is 9.16. The molecule has 0 radical (unpaired) electrons. The van der Waals surface area contributed by atoms with Gasteiger partial charge in [-0.1, -0.05) is 19.8 Å². The highest BCUT2D eigenvalue weighted by Gasteiger charge is 2.36. The summed E-state index contributed by atoms with van der Waals surface area (Å²) < 4.78 is 27.9. The lowest BCUT2D eigenvalue weighted by Crippen LogP contribution is -2.44. The molecule has 1 saturated heterocycles. The molecule has 0 saturated carbocycles. The highest BCUT2D eigenvalue weighted by Crippen LogP contribution is 2.30. The molecule has 0 spiro atoms. The third-order valence-electron chi connectivity index (χ3n) is 4.07. The second kappa shape index (κ2) is 6.89. The minimum absolute atomic E-state index is 0.130. The Morgan fingerprint density at radius 2 is 2.19 bits per heavy atom. The monoisotopic (exact) mass is 314 g/mol. The molecule has 0 aliphatic carbocycles. The Morgan fingerprint density at radius 1 is 1.43 bits per heavy atom. The topological polar surface area (TPSA) is 78.1 Å². The molecule has 7 heteroatoms. The van der Waals surface area contributed by atoms with Gasteiger partial charge in [0.25, 0.3) is 0 Å². The molecule has 1 aliphatic heterocycles. The minimum Gasteiger partial charge on any atom is -0.314 e. The number of sulfonamides is 1. The van der Waals surface area contributed by atoms with Gasteiger partial charge in [-0.3, -0.25) is 5.10 Å². The van der Waals surface area contributed by atoms with E-state index in [1.807, 2.05) is 0 Å². The van der Waals surface area contributed by atoms with Crippen molar-refractivity contribution in [3.8, 4) is 0 Å². The summed E-state index contributed by atoms with van der Waals surface area (Å²) in [6.07, 6.45) is 4.95. The predicted octanol–water partition coefficient (Wildman–Crippen LogP) is 1.78. The zero-order chi connectivity index (χ0) is 15.5. The van der Waals surface area contributed by atoms with Crippen LogP contribution in [0.3, 0.4) is 0 Å². The van der Waals surface area contributed by atoms with E-state index in [0.717, 1.165) is 32.1 Å². The summed E-state index contributed by atoms with van der Waals surface area (Å²) >= 11 is 0. The number of H-pyrrole nitrogens is 1. The molecule has 0 bridgehead atoms. The smallest absolute Gasteiger partial charge is 0.247 e. The van der Waals surface area contributed by atoms with Crippen molar-refractivity contribution in [1.82, 2.24) is 19.8 Å². The standard InChI is InChI=1S/C14H26N4O2S/c1-4-7-12-8-5-6-9-18(12)21(19,20)14-11(2)16-17-13(14)10-15-3/h12,15H,4-10H2,1-3H3,(H,16,17). The number of rotatable bonds is 6. The first-order chi connectivity index (χ1) is 10.0. The van der Waals surface area contributed by atoms with Crippen LogP contribution in [0, 0.1) is 6.92 Å².